The first-order valence-electron chi connectivity index (χ1n) is 8.82. The van der Waals surface area contributed by atoms with Crippen molar-refractivity contribution in [1.82, 2.24) is 5.32 Å². The molecule has 140 valence electrons. The van der Waals surface area contributed by atoms with E-state index in [0.717, 1.165) is 5.56 Å². The standard InChI is InChI=1S/C22H23NO4/c1-4-26-20-13-12-19(15-21(20)27-5-2)22(25)23-14-6-7-17-8-10-18(11-9-17)16(3)24/h8-13,15H,4-5,14H2,1-3H3,(H,23,25). The first-order chi connectivity index (χ1) is 13.0. The zero-order valence-electron chi connectivity index (χ0n) is 15.8. The van der Waals surface area contributed by atoms with E-state index in [2.05, 4.69) is 17.2 Å². The van der Waals surface area contributed by atoms with Crippen LogP contribution in [0.25, 0.3) is 0 Å². The molecule has 0 aliphatic carbocycles. The third kappa shape index (κ3) is 5.89. The molecule has 2 rings (SSSR count). The molecule has 5 heteroatoms. The van der Waals surface area contributed by atoms with Gasteiger partial charge in [-0.3, -0.25) is 9.59 Å². The van der Waals surface area contributed by atoms with E-state index < -0.39 is 0 Å². The van der Waals surface area contributed by atoms with E-state index in [0.29, 0.717) is 35.8 Å². The van der Waals surface area contributed by atoms with Gasteiger partial charge >= 0.3 is 0 Å². The fraction of sp³-hybridized carbons (Fsp3) is 0.273. The van der Waals surface area contributed by atoms with E-state index in [1.54, 1.807) is 42.5 Å². The van der Waals surface area contributed by atoms with Crippen LogP contribution in [-0.4, -0.2) is 31.4 Å². The lowest BCUT2D eigenvalue weighted by molar-refractivity contribution is 0.0957. The van der Waals surface area contributed by atoms with Crippen LogP contribution in [0.4, 0.5) is 0 Å². The van der Waals surface area contributed by atoms with Gasteiger partial charge in [0.2, 0.25) is 0 Å². The molecule has 0 saturated heterocycles. The van der Waals surface area contributed by atoms with Crippen LogP contribution in [0.15, 0.2) is 42.5 Å². The molecular formula is C22H23NO4. The minimum Gasteiger partial charge on any atom is -0.490 e. The van der Waals surface area contributed by atoms with E-state index in [9.17, 15) is 9.59 Å². The van der Waals surface area contributed by atoms with Crippen LogP contribution in [0.3, 0.4) is 0 Å². The average Bonchev–Trinajstić information content (AvgIpc) is 2.67. The first kappa shape index (κ1) is 20.1. The van der Waals surface area contributed by atoms with E-state index >= 15 is 0 Å². The molecule has 5 nitrogen and oxygen atoms in total. The molecule has 0 spiro atoms. The van der Waals surface area contributed by atoms with Gasteiger partial charge in [0.1, 0.15) is 0 Å². The quantitative estimate of drug-likeness (QED) is 0.603. The maximum atomic E-state index is 12.3. The van der Waals surface area contributed by atoms with Gasteiger partial charge in [-0.05, 0) is 51.1 Å². The SMILES string of the molecule is CCOc1ccc(C(=O)NCC#Cc2ccc(C(C)=O)cc2)cc1OCC. The van der Waals surface area contributed by atoms with Crippen LogP contribution in [0.5, 0.6) is 11.5 Å². The Morgan fingerprint density at radius 3 is 2.19 bits per heavy atom. The zero-order chi connectivity index (χ0) is 19.6. The van der Waals surface area contributed by atoms with Crippen molar-refractivity contribution in [2.24, 2.45) is 0 Å². The van der Waals surface area contributed by atoms with Crippen molar-refractivity contribution in [1.29, 1.82) is 0 Å². The number of hydrogen-bond donors (Lipinski definition) is 1. The third-order valence-corrected chi connectivity index (χ3v) is 3.67. The van der Waals surface area contributed by atoms with Crippen molar-refractivity contribution in [3.8, 4) is 23.3 Å². The molecule has 0 fully saturated rings. The van der Waals surface area contributed by atoms with Gasteiger partial charge in [0.15, 0.2) is 17.3 Å². The molecule has 0 saturated carbocycles. The minimum atomic E-state index is -0.236. The number of ether oxygens (including phenoxy) is 2. The van der Waals surface area contributed by atoms with Crippen molar-refractivity contribution in [2.45, 2.75) is 20.8 Å². The van der Waals surface area contributed by atoms with Crippen LogP contribution >= 0.6 is 0 Å². The van der Waals surface area contributed by atoms with Crippen molar-refractivity contribution in [2.75, 3.05) is 19.8 Å². The largest absolute Gasteiger partial charge is 0.490 e. The predicted octanol–water partition coefficient (Wildman–Crippen LogP) is 3.47. The number of ketones is 1. The molecule has 0 aromatic heterocycles. The number of nitrogens with one attached hydrogen (secondary N) is 1. The summed E-state index contributed by atoms with van der Waals surface area (Å²) < 4.78 is 11.0. The van der Waals surface area contributed by atoms with Gasteiger partial charge in [-0.2, -0.15) is 0 Å². The maximum absolute atomic E-state index is 12.3. The molecule has 27 heavy (non-hydrogen) atoms. The van der Waals surface area contributed by atoms with E-state index in [1.165, 1.54) is 6.92 Å². The second kappa shape index (κ2) is 10.0. The average molecular weight is 365 g/mol. The van der Waals surface area contributed by atoms with Crippen molar-refractivity contribution >= 4 is 11.7 Å². The topological polar surface area (TPSA) is 64.6 Å². The molecule has 0 aliphatic rings. The number of amides is 1. The maximum Gasteiger partial charge on any atom is 0.252 e. The lowest BCUT2D eigenvalue weighted by atomic mass is 10.1. The predicted molar refractivity (Wildman–Crippen MR) is 104 cm³/mol. The second-order valence-electron chi connectivity index (χ2n) is 5.65. The Morgan fingerprint density at radius 1 is 0.926 bits per heavy atom. The van der Waals surface area contributed by atoms with Gasteiger partial charge in [-0.15, -0.1) is 0 Å². The van der Waals surface area contributed by atoms with Crippen LogP contribution in [0.2, 0.25) is 0 Å². The molecule has 2 aromatic carbocycles. The Balaban J connectivity index is 1.97. The Bertz CT molecular complexity index is 860. The molecule has 0 radical (unpaired) electrons. The molecule has 0 heterocycles. The van der Waals surface area contributed by atoms with Gasteiger partial charge in [0, 0.05) is 16.7 Å². The Morgan fingerprint density at radius 2 is 1.56 bits per heavy atom. The summed E-state index contributed by atoms with van der Waals surface area (Å²) in [5.41, 5.74) is 1.91. The van der Waals surface area contributed by atoms with E-state index in [4.69, 9.17) is 9.47 Å². The summed E-state index contributed by atoms with van der Waals surface area (Å²) in [5, 5.41) is 2.76. The highest BCUT2D eigenvalue weighted by molar-refractivity contribution is 5.95. The highest BCUT2D eigenvalue weighted by Crippen LogP contribution is 2.28. The number of carbonyl (C=O) groups is 2. The summed E-state index contributed by atoms with van der Waals surface area (Å²) in [6, 6.07) is 12.1. The molecular weight excluding hydrogens is 342 g/mol. The first-order valence-corrected chi connectivity index (χ1v) is 8.82. The number of benzene rings is 2. The summed E-state index contributed by atoms with van der Waals surface area (Å²) in [5.74, 6) is 6.80. The van der Waals surface area contributed by atoms with Crippen LogP contribution in [0, 0.1) is 11.8 Å². The van der Waals surface area contributed by atoms with E-state index in [1.807, 2.05) is 13.8 Å². The zero-order valence-corrected chi connectivity index (χ0v) is 15.8. The molecule has 1 amide bonds. The van der Waals surface area contributed by atoms with Gasteiger partial charge in [0.25, 0.3) is 5.91 Å². The fourth-order valence-electron chi connectivity index (χ4n) is 2.35. The number of Topliss-reactive ketones (excluding diaryl/α,β-unsaturated/α-hetero) is 1. The summed E-state index contributed by atoms with van der Waals surface area (Å²) in [6.45, 7) is 6.51. The minimum absolute atomic E-state index is 0.0172. The molecule has 0 atom stereocenters. The Hall–Kier alpha value is -3.26. The lowest BCUT2D eigenvalue weighted by Crippen LogP contribution is -2.23. The highest BCUT2D eigenvalue weighted by Gasteiger charge is 2.10. The van der Waals surface area contributed by atoms with Crippen molar-refractivity contribution < 1.29 is 19.1 Å². The number of rotatable bonds is 7. The highest BCUT2D eigenvalue weighted by atomic mass is 16.5. The lowest BCUT2D eigenvalue weighted by Gasteiger charge is -2.12. The van der Waals surface area contributed by atoms with Crippen LogP contribution < -0.4 is 14.8 Å². The van der Waals surface area contributed by atoms with Crippen molar-refractivity contribution in [3.63, 3.8) is 0 Å². The van der Waals surface area contributed by atoms with Crippen LogP contribution in [-0.2, 0) is 0 Å². The summed E-state index contributed by atoms with van der Waals surface area (Å²) in [6.07, 6.45) is 0. The third-order valence-electron chi connectivity index (χ3n) is 3.67. The molecule has 1 N–H and O–H groups in total. The van der Waals surface area contributed by atoms with Gasteiger partial charge in [-0.1, -0.05) is 24.0 Å². The molecule has 0 bridgehead atoms. The second-order valence-corrected chi connectivity index (χ2v) is 5.65. The van der Waals surface area contributed by atoms with Gasteiger partial charge in [0.05, 0.1) is 19.8 Å². The summed E-state index contributed by atoms with van der Waals surface area (Å²) >= 11 is 0. The Labute approximate surface area is 159 Å². The molecule has 2 aromatic rings. The summed E-state index contributed by atoms with van der Waals surface area (Å²) in [7, 11) is 0. The summed E-state index contributed by atoms with van der Waals surface area (Å²) in [4.78, 5) is 23.5. The Kier molecular flexibility index (Phi) is 7.45. The monoisotopic (exact) mass is 365 g/mol. The normalized spacial score (nSPS) is 9.74. The fourth-order valence-corrected chi connectivity index (χ4v) is 2.35. The van der Waals surface area contributed by atoms with E-state index in [-0.39, 0.29) is 18.2 Å². The number of hydrogen-bond acceptors (Lipinski definition) is 4. The van der Waals surface area contributed by atoms with Crippen LogP contribution in [0.1, 0.15) is 47.1 Å². The number of carbonyl (C=O) groups excluding carboxylic acids is 2. The molecule has 0 unspecified atom stereocenters. The molecule has 0 aliphatic heterocycles. The van der Waals surface area contributed by atoms with Crippen molar-refractivity contribution in [3.05, 3.63) is 59.2 Å². The smallest absolute Gasteiger partial charge is 0.252 e. The van der Waals surface area contributed by atoms with Gasteiger partial charge in [-0.25, -0.2) is 0 Å². The van der Waals surface area contributed by atoms with Gasteiger partial charge < -0.3 is 14.8 Å².